The lowest BCUT2D eigenvalue weighted by molar-refractivity contribution is -0.385. The summed E-state index contributed by atoms with van der Waals surface area (Å²) in [5, 5.41) is 31.1. The Kier molecular flexibility index (Phi) is 6.60. The third-order valence-electron chi connectivity index (χ3n) is 3.29. The molecule has 0 aliphatic carbocycles. The molecular weight excluding hydrogens is 390 g/mol. The van der Waals surface area contributed by atoms with Gasteiger partial charge >= 0.3 is 5.97 Å². The molecule has 1 N–H and O–H groups in total. The summed E-state index contributed by atoms with van der Waals surface area (Å²) >= 11 is 1.24. The molecule has 1 heterocycles. The molecule has 11 heteroatoms. The quantitative estimate of drug-likeness (QED) is 0.386. The second kappa shape index (κ2) is 9.09. The molecule has 2 aromatic carbocycles. The van der Waals surface area contributed by atoms with E-state index in [0.29, 0.717) is 10.6 Å². The Hall–Kier alpha value is -3.99. The van der Waals surface area contributed by atoms with Crippen molar-refractivity contribution < 1.29 is 24.5 Å². The van der Waals surface area contributed by atoms with E-state index >= 15 is 0 Å². The molecule has 0 bridgehead atoms. The number of carboxylic acids is 1. The van der Waals surface area contributed by atoms with Crippen molar-refractivity contribution in [2.45, 2.75) is 0 Å². The van der Waals surface area contributed by atoms with Gasteiger partial charge in [-0.15, -0.1) is 11.3 Å². The normalized spacial score (nSPS) is 9.71. The number of rotatable bonds is 5. The fourth-order valence-electron chi connectivity index (χ4n) is 1.92. The van der Waals surface area contributed by atoms with E-state index in [1.165, 1.54) is 47.7 Å². The first-order valence-corrected chi connectivity index (χ1v) is 8.34. The lowest BCUT2D eigenvalue weighted by Crippen LogP contribution is -2.00. The number of ketones is 1. The van der Waals surface area contributed by atoms with Gasteiger partial charge in [-0.3, -0.25) is 25.0 Å². The van der Waals surface area contributed by atoms with Crippen LogP contribution in [0.3, 0.4) is 0 Å². The summed E-state index contributed by atoms with van der Waals surface area (Å²) < 4.78 is 0. The van der Waals surface area contributed by atoms with E-state index in [2.05, 4.69) is 4.98 Å². The number of non-ortho nitro benzene ring substituents is 2. The Balaban J connectivity index is 0.000000209. The van der Waals surface area contributed by atoms with E-state index in [-0.39, 0.29) is 22.7 Å². The number of aromatic nitrogens is 1. The summed E-state index contributed by atoms with van der Waals surface area (Å²) in [6.45, 7) is 0. The average Bonchev–Trinajstić information content (AvgIpc) is 3.23. The summed E-state index contributed by atoms with van der Waals surface area (Å²) in [7, 11) is 0. The van der Waals surface area contributed by atoms with Crippen LogP contribution in [0.15, 0.2) is 60.1 Å². The molecule has 0 amide bonds. The third-order valence-corrected chi connectivity index (χ3v) is 4.06. The molecule has 3 rings (SSSR count). The predicted molar refractivity (Wildman–Crippen MR) is 98.7 cm³/mol. The van der Waals surface area contributed by atoms with Crippen LogP contribution in [0.25, 0.3) is 0 Å². The van der Waals surface area contributed by atoms with E-state index < -0.39 is 15.8 Å². The van der Waals surface area contributed by atoms with Gasteiger partial charge in [-0.05, 0) is 24.3 Å². The highest BCUT2D eigenvalue weighted by Gasteiger charge is 2.13. The van der Waals surface area contributed by atoms with Gasteiger partial charge in [-0.25, -0.2) is 9.78 Å². The van der Waals surface area contributed by atoms with Gasteiger partial charge in [0.1, 0.15) is 0 Å². The summed E-state index contributed by atoms with van der Waals surface area (Å²) in [6.07, 6.45) is 1.54. The molecule has 0 radical (unpaired) electrons. The molecule has 3 aromatic rings. The zero-order valence-corrected chi connectivity index (χ0v) is 14.7. The van der Waals surface area contributed by atoms with Crippen molar-refractivity contribution in [2.75, 3.05) is 0 Å². The molecular formula is C17H11N3O7S. The smallest absolute Gasteiger partial charge is 0.335 e. The summed E-state index contributed by atoms with van der Waals surface area (Å²) in [4.78, 5) is 45.4. The van der Waals surface area contributed by atoms with Gasteiger partial charge in [0.15, 0.2) is 5.01 Å². The first-order chi connectivity index (χ1) is 13.3. The predicted octanol–water partition coefficient (Wildman–Crippen LogP) is 3.58. The zero-order valence-electron chi connectivity index (χ0n) is 13.9. The molecule has 1 aromatic heterocycles. The van der Waals surface area contributed by atoms with Crippen LogP contribution < -0.4 is 0 Å². The van der Waals surface area contributed by atoms with Gasteiger partial charge in [0.2, 0.25) is 5.78 Å². The summed E-state index contributed by atoms with van der Waals surface area (Å²) in [6, 6.07) is 10.2. The maximum absolute atomic E-state index is 11.8. The van der Waals surface area contributed by atoms with Crippen molar-refractivity contribution in [1.82, 2.24) is 4.98 Å². The molecule has 0 spiro atoms. The second-order valence-corrected chi connectivity index (χ2v) is 5.97. The number of hydrogen-bond acceptors (Lipinski definition) is 8. The summed E-state index contributed by atoms with van der Waals surface area (Å²) in [5.74, 6) is -1.31. The van der Waals surface area contributed by atoms with Crippen molar-refractivity contribution in [3.63, 3.8) is 0 Å². The Morgan fingerprint density at radius 3 is 1.68 bits per heavy atom. The van der Waals surface area contributed by atoms with Crippen LogP contribution in [-0.4, -0.2) is 31.7 Å². The maximum atomic E-state index is 11.8. The van der Waals surface area contributed by atoms with Crippen molar-refractivity contribution >= 4 is 34.5 Å². The van der Waals surface area contributed by atoms with Crippen LogP contribution in [-0.2, 0) is 0 Å². The molecule has 0 unspecified atom stereocenters. The second-order valence-electron chi connectivity index (χ2n) is 5.08. The van der Waals surface area contributed by atoms with Gasteiger partial charge < -0.3 is 5.11 Å². The van der Waals surface area contributed by atoms with E-state index in [0.717, 1.165) is 12.1 Å². The first kappa shape index (κ1) is 20.3. The number of carboxylic acid groups (broad SMARTS) is 1. The monoisotopic (exact) mass is 401 g/mol. The fourth-order valence-corrected chi connectivity index (χ4v) is 2.52. The number of carbonyl (C=O) groups excluding carboxylic acids is 1. The van der Waals surface area contributed by atoms with Gasteiger partial charge in [-0.2, -0.15) is 0 Å². The number of nitro benzene ring substituents is 2. The summed E-state index contributed by atoms with van der Waals surface area (Å²) in [5.41, 5.74) is 0.303. The Labute approximate surface area is 161 Å². The lowest BCUT2D eigenvalue weighted by atomic mass is 10.1. The van der Waals surface area contributed by atoms with Crippen LogP contribution in [0.5, 0.6) is 0 Å². The Morgan fingerprint density at radius 1 is 0.857 bits per heavy atom. The Morgan fingerprint density at radius 2 is 1.32 bits per heavy atom. The zero-order chi connectivity index (χ0) is 20.7. The van der Waals surface area contributed by atoms with Gasteiger partial charge in [-0.1, -0.05) is 0 Å². The number of hydrogen-bond donors (Lipinski definition) is 1. The van der Waals surface area contributed by atoms with E-state index in [4.69, 9.17) is 5.11 Å². The van der Waals surface area contributed by atoms with Gasteiger partial charge in [0.25, 0.3) is 11.4 Å². The maximum Gasteiger partial charge on any atom is 0.335 e. The SMILES string of the molecule is O=C(O)c1ccc([N+](=O)[O-])cc1.O=C(c1ccc([N+](=O)[O-])cc1)c1nccs1. The van der Waals surface area contributed by atoms with Crippen molar-refractivity contribution in [3.05, 3.63) is 96.5 Å². The van der Waals surface area contributed by atoms with Crippen LogP contribution >= 0.6 is 11.3 Å². The van der Waals surface area contributed by atoms with Gasteiger partial charge in [0.05, 0.1) is 15.4 Å². The Bertz CT molecular complexity index is 967. The number of nitro groups is 2. The fraction of sp³-hybridized carbons (Fsp3) is 0. The minimum atomic E-state index is -1.09. The minimum Gasteiger partial charge on any atom is -0.478 e. The number of nitrogens with zero attached hydrogens (tertiary/aromatic N) is 3. The van der Waals surface area contributed by atoms with Crippen molar-refractivity contribution in [2.24, 2.45) is 0 Å². The first-order valence-electron chi connectivity index (χ1n) is 7.46. The van der Waals surface area contributed by atoms with Crippen LogP contribution in [0.1, 0.15) is 25.7 Å². The van der Waals surface area contributed by atoms with Crippen LogP contribution in [0.4, 0.5) is 11.4 Å². The molecule has 0 aliphatic heterocycles. The van der Waals surface area contributed by atoms with Crippen molar-refractivity contribution in [1.29, 1.82) is 0 Å². The standard InChI is InChI=1S/C10H6N2O3S.C7H5NO4/c13-9(10-11-5-6-16-10)7-1-3-8(4-2-7)12(14)15;9-7(10)5-1-3-6(4-2-5)8(11)12/h1-6H;1-4H,(H,9,10). The highest BCUT2D eigenvalue weighted by atomic mass is 32.1. The molecule has 0 fully saturated rings. The topological polar surface area (TPSA) is 154 Å². The molecule has 28 heavy (non-hydrogen) atoms. The lowest BCUT2D eigenvalue weighted by Gasteiger charge is -1.96. The highest BCUT2D eigenvalue weighted by molar-refractivity contribution is 7.11. The van der Waals surface area contributed by atoms with E-state index in [1.807, 2.05) is 0 Å². The third kappa shape index (κ3) is 5.25. The van der Waals surface area contributed by atoms with E-state index in [1.54, 1.807) is 11.6 Å². The average molecular weight is 401 g/mol. The van der Waals surface area contributed by atoms with E-state index in [9.17, 15) is 29.8 Å². The number of carbonyl (C=O) groups is 2. The number of benzene rings is 2. The largest absolute Gasteiger partial charge is 0.478 e. The van der Waals surface area contributed by atoms with Gasteiger partial charge in [0, 0.05) is 41.4 Å². The highest BCUT2D eigenvalue weighted by Crippen LogP contribution is 2.16. The molecule has 0 atom stereocenters. The molecule has 0 saturated heterocycles. The van der Waals surface area contributed by atoms with Crippen LogP contribution in [0.2, 0.25) is 0 Å². The minimum absolute atomic E-state index is 0.0318. The van der Waals surface area contributed by atoms with Crippen molar-refractivity contribution in [3.8, 4) is 0 Å². The molecule has 0 saturated carbocycles. The number of thiazole rings is 1. The molecule has 10 nitrogen and oxygen atoms in total. The molecule has 0 aliphatic rings. The molecule has 142 valence electrons. The van der Waals surface area contributed by atoms with Crippen LogP contribution in [0, 0.1) is 20.2 Å². The number of aromatic carboxylic acids is 1.